The van der Waals surface area contributed by atoms with Crippen molar-refractivity contribution in [3.8, 4) is 0 Å². The molecule has 0 aliphatic carbocycles. The number of carbonyl (C=O) groups is 1. The Kier molecular flexibility index (Phi) is 6.17. The van der Waals surface area contributed by atoms with Crippen LogP contribution in [0, 0.1) is 13.8 Å². The van der Waals surface area contributed by atoms with Gasteiger partial charge in [0.2, 0.25) is 0 Å². The minimum atomic E-state index is -0.572. The van der Waals surface area contributed by atoms with Crippen LogP contribution in [0.2, 0.25) is 5.15 Å². The van der Waals surface area contributed by atoms with E-state index in [4.69, 9.17) is 16.3 Å². The summed E-state index contributed by atoms with van der Waals surface area (Å²) >= 11 is 6.24. The molecule has 2 saturated heterocycles. The standard InChI is InChI=1S/C27H33ClN6O3/c1-16-7-8-18(17(2)11-16)13-33-20-12-21(28)30-31-22(20)23(29-24(33)35)32-14-19-9-10-27(6,15-32)34(19)25(36)37-26(3,4)5/h7-8,11-12,19H,9-10,13-15H2,1-6H3/t19-,27+/m1/s1. The highest BCUT2D eigenvalue weighted by Gasteiger charge is 2.52. The number of halogens is 1. The summed E-state index contributed by atoms with van der Waals surface area (Å²) in [5.74, 6) is 0.475. The molecule has 0 N–H and O–H groups in total. The lowest BCUT2D eigenvalue weighted by atomic mass is 9.98. The summed E-state index contributed by atoms with van der Waals surface area (Å²) in [6.07, 6.45) is 1.39. The van der Waals surface area contributed by atoms with Crippen LogP contribution in [0.25, 0.3) is 11.0 Å². The molecule has 2 aromatic heterocycles. The maximum Gasteiger partial charge on any atom is 0.411 e. The molecule has 2 bridgehead atoms. The predicted molar refractivity (Wildman–Crippen MR) is 143 cm³/mol. The normalized spacial score (nSPS) is 21.5. The van der Waals surface area contributed by atoms with Gasteiger partial charge in [0, 0.05) is 19.2 Å². The Labute approximate surface area is 221 Å². The molecule has 1 aromatic carbocycles. The number of carbonyl (C=O) groups excluding carboxylic acids is 1. The number of amides is 1. The summed E-state index contributed by atoms with van der Waals surface area (Å²) in [7, 11) is 0. The average molecular weight is 525 g/mol. The molecular weight excluding hydrogens is 492 g/mol. The Morgan fingerprint density at radius 2 is 1.97 bits per heavy atom. The minimum Gasteiger partial charge on any atom is -0.444 e. The first-order chi connectivity index (χ1) is 17.3. The third-order valence-corrected chi connectivity index (χ3v) is 7.51. The number of aromatic nitrogens is 4. The molecule has 0 unspecified atom stereocenters. The quantitative estimate of drug-likeness (QED) is 0.498. The van der Waals surface area contributed by atoms with E-state index < -0.39 is 11.1 Å². The maximum atomic E-state index is 13.4. The first-order valence-corrected chi connectivity index (χ1v) is 13.0. The number of piperazine rings is 1. The molecule has 3 aromatic rings. The number of hydrogen-bond acceptors (Lipinski definition) is 7. The first-order valence-electron chi connectivity index (χ1n) is 12.6. The van der Waals surface area contributed by atoms with E-state index in [1.54, 1.807) is 10.6 Å². The van der Waals surface area contributed by atoms with Gasteiger partial charge in [0.25, 0.3) is 0 Å². The highest BCUT2D eigenvalue weighted by atomic mass is 35.5. The predicted octanol–water partition coefficient (Wildman–Crippen LogP) is 4.48. The first kappa shape index (κ1) is 25.4. The number of ether oxygens (including phenoxy) is 1. The maximum absolute atomic E-state index is 13.4. The molecule has 2 aliphatic rings. The Morgan fingerprint density at radius 3 is 2.65 bits per heavy atom. The van der Waals surface area contributed by atoms with Gasteiger partial charge < -0.3 is 9.64 Å². The van der Waals surface area contributed by atoms with Crippen LogP contribution in [0.3, 0.4) is 0 Å². The van der Waals surface area contributed by atoms with Gasteiger partial charge in [-0.3, -0.25) is 9.47 Å². The SMILES string of the molecule is Cc1ccc(Cn2c(=O)nc(N3C[C@H]4CC[C@@](C)(C3)N4C(=O)OC(C)(C)C)c3nnc(Cl)cc32)c(C)c1. The van der Waals surface area contributed by atoms with Gasteiger partial charge in [-0.2, -0.15) is 4.98 Å². The van der Waals surface area contributed by atoms with E-state index >= 15 is 0 Å². The Morgan fingerprint density at radius 1 is 1.22 bits per heavy atom. The Balaban J connectivity index is 1.53. The highest BCUT2D eigenvalue weighted by molar-refractivity contribution is 6.29. The van der Waals surface area contributed by atoms with Crippen molar-refractivity contribution in [2.75, 3.05) is 18.0 Å². The number of aryl methyl sites for hydroxylation is 2. The van der Waals surface area contributed by atoms with Gasteiger partial charge in [0.1, 0.15) is 5.60 Å². The molecule has 2 atom stereocenters. The Hall–Kier alpha value is -3.20. The molecule has 1 amide bonds. The molecule has 9 nitrogen and oxygen atoms in total. The van der Waals surface area contributed by atoms with Crippen LogP contribution in [-0.4, -0.2) is 61.0 Å². The van der Waals surface area contributed by atoms with E-state index in [0.29, 0.717) is 36.5 Å². The molecule has 0 radical (unpaired) electrons. The van der Waals surface area contributed by atoms with Gasteiger partial charge >= 0.3 is 11.8 Å². The average Bonchev–Trinajstić information content (AvgIpc) is 3.00. The molecular formula is C27H33ClN6O3. The van der Waals surface area contributed by atoms with Crippen molar-refractivity contribution < 1.29 is 9.53 Å². The summed E-state index contributed by atoms with van der Waals surface area (Å²) in [4.78, 5) is 34.9. The summed E-state index contributed by atoms with van der Waals surface area (Å²) in [6.45, 7) is 13.1. The number of fused-ring (bicyclic) bond motifs is 3. The summed E-state index contributed by atoms with van der Waals surface area (Å²) in [5.41, 5.74) is 2.98. The zero-order valence-electron chi connectivity index (χ0n) is 22.2. The molecule has 37 heavy (non-hydrogen) atoms. The van der Waals surface area contributed by atoms with E-state index in [1.165, 1.54) is 0 Å². The van der Waals surface area contributed by atoms with Gasteiger partial charge in [0.15, 0.2) is 16.5 Å². The molecule has 0 saturated carbocycles. The van der Waals surface area contributed by atoms with Crippen molar-refractivity contribution in [1.82, 2.24) is 24.6 Å². The van der Waals surface area contributed by atoms with E-state index in [0.717, 1.165) is 29.5 Å². The van der Waals surface area contributed by atoms with Crippen LogP contribution in [0.15, 0.2) is 29.1 Å². The van der Waals surface area contributed by atoms with E-state index in [2.05, 4.69) is 33.1 Å². The van der Waals surface area contributed by atoms with Crippen molar-refractivity contribution in [3.63, 3.8) is 0 Å². The van der Waals surface area contributed by atoms with Crippen LogP contribution in [0.5, 0.6) is 0 Å². The molecule has 2 aliphatic heterocycles. The Bertz CT molecular complexity index is 1450. The van der Waals surface area contributed by atoms with Crippen LogP contribution in [0.4, 0.5) is 10.6 Å². The molecule has 10 heteroatoms. The van der Waals surface area contributed by atoms with Gasteiger partial charge in [-0.25, -0.2) is 9.59 Å². The van der Waals surface area contributed by atoms with Crippen LogP contribution in [0.1, 0.15) is 57.2 Å². The van der Waals surface area contributed by atoms with E-state index in [-0.39, 0.29) is 23.0 Å². The van der Waals surface area contributed by atoms with E-state index in [9.17, 15) is 9.59 Å². The smallest absolute Gasteiger partial charge is 0.411 e. The monoisotopic (exact) mass is 524 g/mol. The zero-order valence-corrected chi connectivity index (χ0v) is 23.0. The molecule has 4 heterocycles. The zero-order chi connectivity index (χ0) is 26.7. The fourth-order valence-electron chi connectivity index (χ4n) is 5.67. The van der Waals surface area contributed by atoms with Gasteiger partial charge in [-0.15, -0.1) is 10.2 Å². The van der Waals surface area contributed by atoms with Crippen LogP contribution >= 0.6 is 11.6 Å². The third-order valence-electron chi connectivity index (χ3n) is 7.32. The van der Waals surface area contributed by atoms with Gasteiger partial charge in [0.05, 0.1) is 23.6 Å². The lowest BCUT2D eigenvalue weighted by Crippen LogP contribution is -2.63. The van der Waals surface area contributed by atoms with Gasteiger partial charge in [-0.1, -0.05) is 35.4 Å². The molecule has 2 fully saturated rings. The summed E-state index contributed by atoms with van der Waals surface area (Å²) < 4.78 is 7.32. The number of hydrogen-bond donors (Lipinski definition) is 0. The van der Waals surface area contributed by atoms with Crippen molar-refractivity contribution >= 4 is 34.5 Å². The minimum absolute atomic E-state index is 0.0525. The lowest BCUT2D eigenvalue weighted by molar-refractivity contribution is -0.00279. The number of anilines is 1. The van der Waals surface area contributed by atoms with E-state index in [1.807, 2.05) is 51.7 Å². The van der Waals surface area contributed by atoms with Gasteiger partial charge in [-0.05, 0) is 65.5 Å². The number of rotatable bonds is 3. The number of benzene rings is 1. The molecule has 196 valence electrons. The summed E-state index contributed by atoms with van der Waals surface area (Å²) in [6, 6.07) is 7.78. The van der Waals surface area contributed by atoms with Crippen molar-refractivity contribution in [3.05, 3.63) is 56.6 Å². The molecule has 5 rings (SSSR count). The fraction of sp³-hybridized carbons (Fsp3) is 0.519. The van der Waals surface area contributed by atoms with Crippen molar-refractivity contribution in [2.45, 2.75) is 78.1 Å². The topological polar surface area (TPSA) is 93.5 Å². The second-order valence-corrected chi connectivity index (χ2v) is 11.9. The number of nitrogens with zero attached hydrogens (tertiary/aromatic N) is 6. The van der Waals surface area contributed by atoms with Crippen LogP contribution < -0.4 is 10.6 Å². The fourth-order valence-corrected chi connectivity index (χ4v) is 5.81. The molecule has 0 spiro atoms. The largest absolute Gasteiger partial charge is 0.444 e. The lowest BCUT2D eigenvalue weighted by Gasteiger charge is -2.47. The highest BCUT2D eigenvalue weighted by Crippen LogP contribution is 2.41. The van der Waals surface area contributed by atoms with Crippen molar-refractivity contribution in [2.24, 2.45) is 0 Å². The second-order valence-electron chi connectivity index (χ2n) is 11.6. The summed E-state index contributed by atoms with van der Waals surface area (Å²) in [5, 5.41) is 8.66. The van der Waals surface area contributed by atoms with Crippen LogP contribution in [-0.2, 0) is 11.3 Å². The van der Waals surface area contributed by atoms with Crippen molar-refractivity contribution in [1.29, 1.82) is 0 Å². The third kappa shape index (κ3) is 4.77. The second kappa shape index (κ2) is 8.97.